The Morgan fingerprint density at radius 1 is 1.25 bits per heavy atom. The van der Waals surface area contributed by atoms with Gasteiger partial charge >= 0.3 is 0 Å². The first-order valence-corrected chi connectivity index (χ1v) is 7.78. The van der Waals surface area contributed by atoms with Crippen LogP contribution in [-0.4, -0.2) is 19.2 Å². The topological polar surface area (TPSA) is 21.3 Å². The third kappa shape index (κ3) is 2.38. The van der Waals surface area contributed by atoms with Crippen LogP contribution in [0, 0.1) is 11.2 Å². The highest BCUT2D eigenvalue weighted by Gasteiger charge is 2.54. The molecule has 20 heavy (non-hydrogen) atoms. The number of benzene rings is 1. The molecule has 3 rings (SSSR count). The molecule has 0 amide bonds. The summed E-state index contributed by atoms with van der Waals surface area (Å²) in [5.74, 6) is -0.158. The molecule has 1 N–H and O–H groups in total. The summed E-state index contributed by atoms with van der Waals surface area (Å²) in [6.07, 6.45) is 7.80. The van der Waals surface area contributed by atoms with Gasteiger partial charge in [-0.1, -0.05) is 37.5 Å². The molecule has 0 heterocycles. The van der Waals surface area contributed by atoms with Gasteiger partial charge in [0.25, 0.3) is 0 Å². The van der Waals surface area contributed by atoms with Crippen molar-refractivity contribution in [3.05, 3.63) is 35.6 Å². The summed E-state index contributed by atoms with van der Waals surface area (Å²) >= 11 is 0. The van der Waals surface area contributed by atoms with E-state index in [1.54, 1.807) is 6.07 Å². The molecular formula is C17H24FNO. The molecule has 2 aliphatic carbocycles. The second-order valence-corrected chi connectivity index (χ2v) is 6.26. The minimum absolute atomic E-state index is 0.158. The van der Waals surface area contributed by atoms with Gasteiger partial charge in [0.15, 0.2) is 0 Å². The van der Waals surface area contributed by atoms with E-state index < -0.39 is 0 Å². The normalized spacial score (nSPS) is 28.3. The summed E-state index contributed by atoms with van der Waals surface area (Å²) in [5, 5.41) is 3.45. The predicted molar refractivity (Wildman–Crippen MR) is 78.0 cm³/mol. The van der Waals surface area contributed by atoms with Gasteiger partial charge in [-0.05, 0) is 32.4 Å². The van der Waals surface area contributed by atoms with Crippen LogP contribution >= 0.6 is 0 Å². The quantitative estimate of drug-likeness (QED) is 0.907. The molecule has 0 aliphatic heterocycles. The molecule has 110 valence electrons. The third-order valence-electron chi connectivity index (χ3n) is 5.32. The molecular weight excluding hydrogens is 253 g/mol. The first-order chi connectivity index (χ1) is 9.76. The van der Waals surface area contributed by atoms with Gasteiger partial charge < -0.3 is 10.1 Å². The molecule has 0 bridgehead atoms. The van der Waals surface area contributed by atoms with Crippen molar-refractivity contribution in [2.75, 3.05) is 7.05 Å². The Kier molecular flexibility index (Phi) is 4.08. The highest BCUT2D eigenvalue weighted by Crippen LogP contribution is 2.53. The average Bonchev–Trinajstić information content (AvgIpc) is 2.49. The van der Waals surface area contributed by atoms with Gasteiger partial charge in [-0.25, -0.2) is 4.39 Å². The molecule has 0 aromatic heterocycles. The summed E-state index contributed by atoms with van der Waals surface area (Å²) in [6.45, 7) is 0.398. The highest BCUT2D eigenvalue weighted by molar-refractivity contribution is 5.17. The minimum atomic E-state index is -0.158. The van der Waals surface area contributed by atoms with Crippen LogP contribution in [0.3, 0.4) is 0 Å². The van der Waals surface area contributed by atoms with Crippen molar-refractivity contribution in [3.63, 3.8) is 0 Å². The standard InChI is InChI=1S/C17H24FNO/c1-19-15-11-16(17(15)9-5-2-6-10-17)20-12-13-7-3-4-8-14(13)18/h3-4,7-8,15-16,19H,2,5-6,9-12H2,1H3. The van der Waals surface area contributed by atoms with E-state index in [0.717, 1.165) is 6.42 Å². The van der Waals surface area contributed by atoms with Crippen LogP contribution in [0.5, 0.6) is 0 Å². The SMILES string of the molecule is CNC1CC(OCc2ccccc2F)C12CCCCC2. The Hall–Kier alpha value is -0.930. The third-order valence-corrected chi connectivity index (χ3v) is 5.32. The Morgan fingerprint density at radius 3 is 2.70 bits per heavy atom. The van der Waals surface area contributed by atoms with Gasteiger partial charge in [0, 0.05) is 17.0 Å². The van der Waals surface area contributed by atoms with Gasteiger partial charge in [0.1, 0.15) is 5.82 Å². The Bertz CT molecular complexity index is 456. The molecule has 2 atom stereocenters. The van der Waals surface area contributed by atoms with Crippen LogP contribution in [0.25, 0.3) is 0 Å². The summed E-state index contributed by atoms with van der Waals surface area (Å²) in [7, 11) is 2.05. The minimum Gasteiger partial charge on any atom is -0.373 e. The lowest BCUT2D eigenvalue weighted by molar-refractivity contribution is -0.157. The molecule has 2 saturated carbocycles. The number of halogens is 1. The number of rotatable bonds is 4. The Balaban J connectivity index is 1.64. The fourth-order valence-corrected chi connectivity index (χ4v) is 4.07. The van der Waals surface area contributed by atoms with E-state index in [2.05, 4.69) is 5.32 Å². The van der Waals surface area contributed by atoms with Crippen molar-refractivity contribution < 1.29 is 9.13 Å². The van der Waals surface area contributed by atoms with Gasteiger partial charge in [0.05, 0.1) is 12.7 Å². The molecule has 2 nitrogen and oxygen atoms in total. The second-order valence-electron chi connectivity index (χ2n) is 6.26. The van der Waals surface area contributed by atoms with Crippen molar-refractivity contribution >= 4 is 0 Å². The lowest BCUT2D eigenvalue weighted by atomic mass is 9.55. The molecule has 2 unspecified atom stereocenters. The number of nitrogens with one attached hydrogen (secondary N) is 1. The number of ether oxygens (including phenoxy) is 1. The predicted octanol–water partition coefficient (Wildman–Crippen LogP) is 3.65. The van der Waals surface area contributed by atoms with Gasteiger partial charge in [-0.15, -0.1) is 0 Å². The van der Waals surface area contributed by atoms with Crippen molar-refractivity contribution in [2.24, 2.45) is 5.41 Å². The van der Waals surface area contributed by atoms with Crippen LogP contribution in [0.15, 0.2) is 24.3 Å². The molecule has 1 spiro atoms. The summed E-state index contributed by atoms with van der Waals surface area (Å²) in [6, 6.07) is 7.49. The number of hydrogen-bond donors (Lipinski definition) is 1. The Labute approximate surface area is 120 Å². The molecule has 0 radical (unpaired) electrons. The monoisotopic (exact) mass is 277 g/mol. The first-order valence-electron chi connectivity index (χ1n) is 7.78. The van der Waals surface area contributed by atoms with Crippen LogP contribution in [0.4, 0.5) is 4.39 Å². The van der Waals surface area contributed by atoms with Crippen LogP contribution < -0.4 is 5.32 Å². The van der Waals surface area contributed by atoms with Crippen LogP contribution in [0.2, 0.25) is 0 Å². The fourth-order valence-electron chi connectivity index (χ4n) is 4.07. The highest BCUT2D eigenvalue weighted by atomic mass is 19.1. The van der Waals surface area contributed by atoms with E-state index in [0.29, 0.717) is 29.7 Å². The van der Waals surface area contributed by atoms with Crippen LogP contribution in [0.1, 0.15) is 44.1 Å². The zero-order valence-corrected chi connectivity index (χ0v) is 12.2. The van der Waals surface area contributed by atoms with E-state index in [1.807, 2.05) is 19.2 Å². The Morgan fingerprint density at radius 2 is 2.00 bits per heavy atom. The summed E-state index contributed by atoms with van der Waals surface area (Å²) in [4.78, 5) is 0. The van der Waals surface area contributed by atoms with Crippen molar-refractivity contribution in [1.82, 2.24) is 5.32 Å². The molecule has 3 heteroatoms. The zero-order valence-electron chi connectivity index (χ0n) is 12.2. The molecule has 2 aliphatic rings. The van der Waals surface area contributed by atoms with E-state index in [4.69, 9.17) is 4.74 Å². The van der Waals surface area contributed by atoms with Crippen molar-refractivity contribution in [3.8, 4) is 0 Å². The van der Waals surface area contributed by atoms with E-state index in [-0.39, 0.29) is 5.82 Å². The average molecular weight is 277 g/mol. The maximum atomic E-state index is 13.6. The molecule has 2 fully saturated rings. The van der Waals surface area contributed by atoms with E-state index >= 15 is 0 Å². The van der Waals surface area contributed by atoms with Gasteiger partial charge in [-0.2, -0.15) is 0 Å². The largest absolute Gasteiger partial charge is 0.373 e. The molecule has 0 saturated heterocycles. The smallest absolute Gasteiger partial charge is 0.128 e. The lowest BCUT2D eigenvalue weighted by Gasteiger charge is -2.57. The van der Waals surface area contributed by atoms with Gasteiger partial charge in [0.2, 0.25) is 0 Å². The maximum absolute atomic E-state index is 13.6. The van der Waals surface area contributed by atoms with Crippen LogP contribution in [-0.2, 0) is 11.3 Å². The second kappa shape index (κ2) is 5.82. The lowest BCUT2D eigenvalue weighted by Crippen LogP contribution is -2.63. The summed E-state index contributed by atoms with van der Waals surface area (Å²) < 4.78 is 19.7. The molecule has 1 aromatic carbocycles. The maximum Gasteiger partial charge on any atom is 0.128 e. The van der Waals surface area contributed by atoms with E-state index in [1.165, 1.54) is 38.2 Å². The van der Waals surface area contributed by atoms with Crippen molar-refractivity contribution in [1.29, 1.82) is 0 Å². The number of hydrogen-bond acceptors (Lipinski definition) is 2. The molecule has 1 aromatic rings. The first kappa shape index (κ1) is 14.0. The van der Waals surface area contributed by atoms with Gasteiger partial charge in [-0.3, -0.25) is 0 Å². The zero-order chi connectivity index (χ0) is 14.0. The van der Waals surface area contributed by atoms with Crippen molar-refractivity contribution in [2.45, 2.75) is 57.3 Å². The van der Waals surface area contributed by atoms with E-state index in [9.17, 15) is 4.39 Å². The summed E-state index contributed by atoms with van der Waals surface area (Å²) in [5.41, 5.74) is 0.976. The fraction of sp³-hybridized carbons (Fsp3) is 0.647.